The summed E-state index contributed by atoms with van der Waals surface area (Å²) in [6, 6.07) is 33.3. The second-order valence-corrected chi connectivity index (χ2v) is 14.8. The molecule has 274 valence electrons. The Labute approximate surface area is 346 Å². The zero-order valence-electron chi connectivity index (χ0n) is 41.3. The summed E-state index contributed by atoms with van der Waals surface area (Å²) in [5, 5.41) is 2.15. The van der Waals surface area contributed by atoms with Gasteiger partial charge in [0.25, 0.3) is 6.33 Å². The van der Waals surface area contributed by atoms with Gasteiger partial charge in [0.2, 0.25) is 0 Å². The highest BCUT2D eigenvalue weighted by atomic mass is 16.5. The number of para-hydroxylation sites is 3. The third kappa shape index (κ3) is 6.33. The molecule has 0 aliphatic heterocycles. The summed E-state index contributed by atoms with van der Waals surface area (Å²) in [5.74, 6) is 1.97. The van der Waals surface area contributed by atoms with Gasteiger partial charge in [-0.15, -0.1) is 0 Å². The van der Waals surface area contributed by atoms with Crippen molar-refractivity contribution in [1.29, 1.82) is 0 Å². The van der Waals surface area contributed by atoms with Crippen LogP contribution in [0.15, 0.2) is 188 Å². The van der Waals surface area contributed by atoms with Crippen LogP contribution in [-0.4, -0.2) is 14.1 Å². The van der Waals surface area contributed by atoms with Crippen LogP contribution in [-0.2, 0) is 5.41 Å². The molecule has 5 nitrogen and oxygen atoms in total. The summed E-state index contributed by atoms with van der Waals surface area (Å²) in [4.78, 5) is 4.82. The van der Waals surface area contributed by atoms with Crippen LogP contribution < -0.4 is 9.30 Å². The second-order valence-electron chi connectivity index (χ2n) is 14.8. The van der Waals surface area contributed by atoms with Crippen LogP contribution in [0.3, 0.4) is 0 Å². The Hall–Kier alpha value is -7.24. The predicted molar refractivity (Wildman–Crippen MR) is 232 cm³/mol. The number of benzene rings is 7. The van der Waals surface area contributed by atoms with E-state index in [1.807, 2.05) is 83.6 Å². The molecule has 0 radical (unpaired) electrons. The van der Waals surface area contributed by atoms with Crippen LogP contribution >= 0.6 is 0 Å². The lowest BCUT2D eigenvalue weighted by Gasteiger charge is -2.20. The molecule has 5 heteroatoms. The highest BCUT2D eigenvalue weighted by molar-refractivity contribution is 6.09. The Bertz CT molecular complexity index is 3540. The molecule has 0 aliphatic carbocycles. The molecule has 10 rings (SSSR count). The maximum Gasteiger partial charge on any atom is 0.269 e. The predicted octanol–water partition coefficient (Wildman–Crippen LogP) is 12.6. The van der Waals surface area contributed by atoms with Crippen molar-refractivity contribution >= 4 is 32.8 Å². The summed E-state index contributed by atoms with van der Waals surface area (Å²) >= 11 is 0. The second kappa shape index (κ2) is 13.8. The number of imidazole rings is 1. The maximum absolute atomic E-state index is 8.83. The normalized spacial score (nSPS) is 14.2. The van der Waals surface area contributed by atoms with E-state index in [2.05, 4.69) is 62.0 Å². The summed E-state index contributed by atoms with van der Waals surface area (Å²) in [7, 11) is 0. The van der Waals surface area contributed by atoms with Gasteiger partial charge in [0, 0.05) is 23.0 Å². The molecule has 0 aliphatic rings. The van der Waals surface area contributed by atoms with Gasteiger partial charge in [-0.2, -0.15) is 0 Å². The zero-order chi connectivity index (χ0) is 47.2. The van der Waals surface area contributed by atoms with Gasteiger partial charge in [-0.25, -0.2) is 4.98 Å². The molecule has 10 aromatic rings. The molecule has 7 aromatic carbocycles. The first kappa shape index (κ1) is 25.0. The summed E-state index contributed by atoms with van der Waals surface area (Å²) in [6.45, 7) is 6.55. The summed E-state index contributed by atoms with van der Waals surface area (Å²) < 4.78 is 97.8. The van der Waals surface area contributed by atoms with E-state index >= 15 is 0 Å². The van der Waals surface area contributed by atoms with Crippen LogP contribution in [0, 0.1) is 6.33 Å². The van der Waals surface area contributed by atoms with Crippen LogP contribution in [0.5, 0.6) is 11.5 Å². The maximum atomic E-state index is 8.83. The minimum Gasteiger partial charge on any atom is -0.458 e. The molecule has 0 fully saturated rings. The van der Waals surface area contributed by atoms with E-state index < -0.39 is 60.4 Å². The van der Waals surface area contributed by atoms with E-state index in [9.17, 15) is 0 Å². The van der Waals surface area contributed by atoms with Crippen molar-refractivity contribution in [2.45, 2.75) is 26.2 Å². The van der Waals surface area contributed by atoms with Crippen molar-refractivity contribution in [1.82, 2.24) is 14.1 Å². The molecule has 57 heavy (non-hydrogen) atoms. The first-order valence-electron chi connectivity index (χ1n) is 23.5. The van der Waals surface area contributed by atoms with Gasteiger partial charge in [0.1, 0.15) is 17.3 Å². The van der Waals surface area contributed by atoms with Gasteiger partial charge in [0.05, 0.1) is 47.1 Å². The van der Waals surface area contributed by atoms with Gasteiger partial charge in [0.15, 0.2) is 0 Å². The molecule has 0 atom stereocenters. The fourth-order valence-electron chi connectivity index (χ4n) is 7.35. The Morgan fingerprint density at radius 1 is 0.596 bits per heavy atom. The summed E-state index contributed by atoms with van der Waals surface area (Å²) in [5.41, 5.74) is 5.68. The first-order valence-corrected chi connectivity index (χ1v) is 18.5. The van der Waals surface area contributed by atoms with Crippen molar-refractivity contribution in [2.24, 2.45) is 0 Å². The fourth-order valence-corrected chi connectivity index (χ4v) is 7.35. The average molecular weight is 747 g/mol. The molecule has 0 bridgehead atoms. The number of ether oxygens (including phenoxy) is 1. The third-order valence-corrected chi connectivity index (χ3v) is 10.1. The standard InChI is InChI=1S/C52H40N4O/c1-52(2,3)40-27-28-53-51(32-40)56-47-22-11-10-21-45(47)46-26-25-44(34-50(46)56)57-43-20-14-19-41(33-43)54-35-55(49-24-13-12-23-48(49)54)42-30-38(36-15-6-4-7-16-36)29-39(31-42)37-17-8-5-9-18-37/h4-34H,1-3H3/i4D,5D,6D,7D,8D,9D,15D,16D,17D,18D. The van der Waals surface area contributed by atoms with Gasteiger partial charge in [-0.1, -0.05) is 130 Å². The molecule has 0 spiro atoms. The fraction of sp³-hybridized carbons (Fsp3) is 0.0769. The van der Waals surface area contributed by atoms with E-state index in [1.165, 1.54) is 11.6 Å². The van der Waals surface area contributed by atoms with Gasteiger partial charge >= 0.3 is 0 Å². The van der Waals surface area contributed by atoms with Gasteiger partial charge in [-0.3, -0.25) is 13.7 Å². The SMILES string of the molecule is [2H]c1c([2H])c([2H])c(-c2cc(-c3c([2H])c([2H])c([2H])c([2H])c3[2H])cc(-[n+]3[c-]n(-c4cccc(Oc5ccc6c7ccccc7n(-c7cc(C(C)(C)C)ccn7)c6c5)c4)c4ccccc43)c2)c([2H])c1[2H]. The van der Waals surface area contributed by atoms with Crippen molar-refractivity contribution < 1.29 is 23.0 Å². The lowest BCUT2D eigenvalue weighted by molar-refractivity contribution is -0.572. The molecule has 0 N–H and O–H groups in total. The van der Waals surface area contributed by atoms with Crippen molar-refractivity contribution in [3.8, 4) is 50.9 Å². The Morgan fingerprint density at radius 2 is 1.26 bits per heavy atom. The monoisotopic (exact) mass is 746 g/mol. The average Bonchev–Trinajstić information content (AvgIpc) is 3.88. The quantitative estimate of drug-likeness (QED) is 0.120. The van der Waals surface area contributed by atoms with Crippen LogP contribution in [0.25, 0.3) is 72.3 Å². The van der Waals surface area contributed by atoms with Crippen molar-refractivity contribution in [3.05, 3.63) is 200 Å². The van der Waals surface area contributed by atoms with Gasteiger partial charge in [-0.05, 0) is 100.0 Å². The minimum atomic E-state index is -0.555. The van der Waals surface area contributed by atoms with Gasteiger partial charge < -0.3 is 4.74 Å². The number of nitrogens with zero attached hydrogens (tertiary/aromatic N) is 4. The first-order chi connectivity index (χ1) is 32.0. The molecule has 0 unspecified atom stereocenters. The topological polar surface area (TPSA) is 35.9 Å². The largest absolute Gasteiger partial charge is 0.458 e. The molecular weight excluding hydrogens is 697 g/mol. The zero-order valence-corrected chi connectivity index (χ0v) is 31.3. The van der Waals surface area contributed by atoms with E-state index in [0.29, 0.717) is 28.4 Å². The Balaban J connectivity index is 1.11. The highest BCUT2D eigenvalue weighted by Crippen LogP contribution is 2.36. The van der Waals surface area contributed by atoms with Crippen molar-refractivity contribution in [2.75, 3.05) is 0 Å². The number of rotatable bonds is 7. The Morgan fingerprint density at radius 3 is 2.00 bits per heavy atom. The van der Waals surface area contributed by atoms with Crippen LogP contribution in [0.4, 0.5) is 0 Å². The number of pyridine rings is 1. The lowest BCUT2D eigenvalue weighted by Crippen LogP contribution is -2.29. The Kier molecular flexibility index (Phi) is 6.06. The number of hydrogen-bond acceptors (Lipinski definition) is 2. The van der Waals surface area contributed by atoms with Crippen molar-refractivity contribution in [3.63, 3.8) is 0 Å². The van der Waals surface area contributed by atoms with E-state index in [1.54, 1.807) is 16.7 Å². The molecule has 0 saturated heterocycles. The lowest BCUT2D eigenvalue weighted by atomic mass is 9.88. The minimum absolute atomic E-state index is 0.0766. The summed E-state index contributed by atoms with van der Waals surface area (Å²) in [6.07, 6.45) is 5.30. The molecule has 3 heterocycles. The van der Waals surface area contributed by atoms with E-state index in [0.717, 1.165) is 33.1 Å². The number of aromatic nitrogens is 4. The third-order valence-electron chi connectivity index (χ3n) is 10.1. The van der Waals surface area contributed by atoms with E-state index in [4.69, 9.17) is 23.4 Å². The van der Waals surface area contributed by atoms with E-state index in [-0.39, 0.29) is 27.7 Å². The number of fused-ring (bicyclic) bond motifs is 4. The number of hydrogen-bond donors (Lipinski definition) is 0. The highest BCUT2D eigenvalue weighted by Gasteiger charge is 2.19. The molecule has 3 aromatic heterocycles. The smallest absolute Gasteiger partial charge is 0.269 e. The molecular formula is C52H40N4O. The van der Waals surface area contributed by atoms with Crippen LogP contribution in [0.2, 0.25) is 0 Å². The van der Waals surface area contributed by atoms with Crippen LogP contribution in [0.1, 0.15) is 40.0 Å². The molecule has 0 amide bonds. The molecule has 0 saturated carbocycles.